The maximum atomic E-state index is 5.73. The van der Waals surface area contributed by atoms with Crippen LogP contribution in [0, 0.1) is 18.8 Å². The van der Waals surface area contributed by atoms with Crippen LogP contribution in [0.3, 0.4) is 0 Å². The lowest BCUT2D eigenvalue weighted by Gasteiger charge is -2.35. The van der Waals surface area contributed by atoms with Crippen LogP contribution in [0.15, 0.2) is 6.07 Å². The molecular weight excluding hydrogens is 186 g/mol. The molecule has 1 fully saturated rings. The Balaban J connectivity index is 2.03. The molecule has 1 aromatic heterocycles. The molecule has 0 amide bonds. The summed E-state index contributed by atoms with van der Waals surface area (Å²) in [4.78, 5) is 0. The summed E-state index contributed by atoms with van der Waals surface area (Å²) in [6, 6.07) is 2.22. The first-order valence-corrected chi connectivity index (χ1v) is 5.98. The zero-order valence-electron chi connectivity index (χ0n) is 9.74. The molecule has 2 rings (SSSR count). The summed E-state index contributed by atoms with van der Waals surface area (Å²) in [5, 5.41) is 4.48. The zero-order valence-corrected chi connectivity index (χ0v) is 9.74. The third-order valence-corrected chi connectivity index (χ3v) is 3.63. The van der Waals surface area contributed by atoms with Crippen molar-refractivity contribution in [3.8, 4) is 0 Å². The number of nitrogens with zero attached hydrogens (tertiary/aromatic N) is 2. The minimum absolute atomic E-state index is 0.755. The summed E-state index contributed by atoms with van der Waals surface area (Å²) in [7, 11) is 0. The molecule has 0 radical (unpaired) electrons. The molecule has 3 heteroatoms. The monoisotopic (exact) mass is 207 g/mol. The van der Waals surface area contributed by atoms with Gasteiger partial charge in [-0.15, -0.1) is 0 Å². The smallest absolute Gasteiger partial charge is 0.0596 e. The second-order valence-corrected chi connectivity index (χ2v) is 4.63. The van der Waals surface area contributed by atoms with Crippen molar-refractivity contribution in [3.05, 3.63) is 17.5 Å². The molecule has 3 nitrogen and oxygen atoms in total. The van der Waals surface area contributed by atoms with E-state index in [0.717, 1.165) is 37.0 Å². The molecule has 1 aliphatic carbocycles. The van der Waals surface area contributed by atoms with Crippen molar-refractivity contribution in [2.24, 2.45) is 17.6 Å². The highest BCUT2D eigenvalue weighted by atomic mass is 15.3. The van der Waals surface area contributed by atoms with E-state index in [1.54, 1.807) is 0 Å². The van der Waals surface area contributed by atoms with Gasteiger partial charge >= 0.3 is 0 Å². The Morgan fingerprint density at radius 3 is 2.73 bits per heavy atom. The van der Waals surface area contributed by atoms with Gasteiger partial charge in [-0.25, -0.2) is 0 Å². The van der Waals surface area contributed by atoms with Gasteiger partial charge in [-0.05, 0) is 57.6 Å². The number of hydrogen-bond donors (Lipinski definition) is 1. The molecule has 0 bridgehead atoms. The second kappa shape index (κ2) is 4.35. The van der Waals surface area contributed by atoms with Gasteiger partial charge in [-0.3, -0.25) is 4.68 Å². The summed E-state index contributed by atoms with van der Waals surface area (Å²) in [6.45, 7) is 6.04. The fraction of sp³-hybridized carbons (Fsp3) is 0.750. The van der Waals surface area contributed by atoms with Crippen molar-refractivity contribution in [2.45, 2.75) is 39.7 Å². The Kier molecular flexibility index (Phi) is 3.10. The van der Waals surface area contributed by atoms with Crippen molar-refractivity contribution in [1.29, 1.82) is 0 Å². The predicted molar refractivity (Wildman–Crippen MR) is 61.6 cm³/mol. The molecule has 2 unspecified atom stereocenters. The van der Waals surface area contributed by atoms with Gasteiger partial charge in [-0.1, -0.05) is 0 Å². The fourth-order valence-electron chi connectivity index (χ4n) is 2.52. The Morgan fingerprint density at radius 1 is 1.47 bits per heavy atom. The highest BCUT2D eigenvalue weighted by Crippen LogP contribution is 2.35. The summed E-state index contributed by atoms with van der Waals surface area (Å²) < 4.78 is 2.13. The van der Waals surface area contributed by atoms with Crippen molar-refractivity contribution in [3.63, 3.8) is 0 Å². The standard InChI is InChI=1S/C12H21N3/c1-3-15-12(6-9(2)14-15)7-10-4-5-11(10)8-13/h6,10-11H,3-5,7-8,13H2,1-2H3. The molecule has 1 saturated carbocycles. The van der Waals surface area contributed by atoms with Crippen LogP contribution in [0.5, 0.6) is 0 Å². The molecule has 0 spiro atoms. The van der Waals surface area contributed by atoms with Crippen LogP contribution in [0.25, 0.3) is 0 Å². The molecule has 0 aliphatic heterocycles. The van der Waals surface area contributed by atoms with E-state index >= 15 is 0 Å². The second-order valence-electron chi connectivity index (χ2n) is 4.63. The van der Waals surface area contributed by atoms with Gasteiger partial charge in [0.05, 0.1) is 5.69 Å². The quantitative estimate of drug-likeness (QED) is 0.817. The van der Waals surface area contributed by atoms with E-state index in [1.807, 2.05) is 0 Å². The first-order valence-electron chi connectivity index (χ1n) is 5.98. The van der Waals surface area contributed by atoms with Gasteiger partial charge < -0.3 is 5.73 Å². The number of aryl methyl sites for hydroxylation is 2. The topological polar surface area (TPSA) is 43.8 Å². The third-order valence-electron chi connectivity index (χ3n) is 3.63. The summed E-state index contributed by atoms with van der Waals surface area (Å²) in [5.74, 6) is 1.56. The average Bonchev–Trinajstić information content (AvgIpc) is 2.54. The summed E-state index contributed by atoms with van der Waals surface area (Å²) >= 11 is 0. The molecule has 15 heavy (non-hydrogen) atoms. The van der Waals surface area contributed by atoms with Gasteiger partial charge in [-0.2, -0.15) is 5.10 Å². The van der Waals surface area contributed by atoms with Gasteiger partial charge in [0.1, 0.15) is 0 Å². The molecule has 1 heterocycles. The van der Waals surface area contributed by atoms with Crippen LogP contribution in [0.4, 0.5) is 0 Å². The Labute approximate surface area is 91.7 Å². The van der Waals surface area contributed by atoms with E-state index in [-0.39, 0.29) is 0 Å². The third kappa shape index (κ3) is 2.07. The van der Waals surface area contributed by atoms with Gasteiger partial charge in [0.2, 0.25) is 0 Å². The minimum Gasteiger partial charge on any atom is -0.330 e. The first kappa shape index (κ1) is 10.7. The van der Waals surface area contributed by atoms with Crippen molar-refractivity contribution in [2.75, 3.05) is 6.54 Å². The summed E-state index contributed by atoms with van der Waals surface area (Å²) in [6.07, 6.45) is 3.83. The minimum atomic E-state index is 0.755. The fourth-order valence-corrected chi connectivity index (χ4v) is 2.52. The van der Waals surface area contributed by atoms with E-state index in [1.165, 1.54) is 18.5 Å². The molecule has 2 N–H and O–H groups in total. The Bertz CT molecular complexity index is 328. The normalized spacial score (nSPS) is 25.3. The number of hydrogen-bond acceptors (Lipinski definition) is 2. The van der Waals surface area contributed by atoms with Crippen LogP contribution in [0.2, 0.25) is 0 Å². The van der Waals surface area contributed by atoms with Crippen LogP contribution in [-0.2, 0) is 13.0 Å². The Hall–Kier alpha value is -0.830. The lowest BCUT2D eigenvalue weighted by atomic mass is 9.71. The van der Waals surface area contributed by atoms with Crippen molar-refractivity contribution in [1.82, 2.24) is 9.78 Å². The van der Waals surface area contributed by atoms with Gasteiger partial charge in [0.15, 0.2) is 0 Å². The highest BCUT2D eigenvalue weighted by molar-refractivity contribution is 5.10. The van der Waals surface area contributed by atoms with Gasteiger partial charge in [0, 0.05) is 12.2 Å². The molecular formula is C12H21N3. The largest absolute Gasteiger partial charge is 0.330 e. The van der Waals surface area contributed by atoms with Crippen LogP contribution >= 0.6 is 0 Å². The van der Waals surface area contributed by atoms with E-state index < -0.39 is 0 Å². The molecule has 0 saturated heterocycles. The maximum absolute atomic E-state index is 5.73. The lowest BCUT2D eigenvalue weighted by molar-refractivity contribution is 0.180. The maximum Gasteiger partial charge on any atom is 0.0596 e. The molecule has 1 aliphatic rings. The lowest BCUT2D eigenvalue weighted by Crippen LogP contribution is -2.34. The highest BCUT2D eigenvalue weighted by Gasteiger charge is 2.30. The van der Waals surface area contributed by atoms with E-state index in [9.17, 15) is 0 Å². The van der Waals surface area contributed by atoms with E-state index in [0.29, 0.717) is 0 Å². The van der Waals surface area contributed by atoms with E-state index in [4.69, 9.17) is 5.73 Å². The summed E-state index contributed by atoms with van der Waals surface area (Å²) in [5.41, 5.74) is 8.25. The van der Waals surface area contributed by atoms with Crippen molar-refractivity contribution >= 4 is 0 Å². The molecule has 2 atom stereocenters. The van der Waals surface area contributed by atoms with Gasteiger partial charge in [0.25, 0.3) is 0 Å². The zero-order chi connectivity index (χ0) is 10.8. The van der Waals surface area contributed by atoms with Crippen LogP contribution in [0.1, 0.15) is 31.2 Å². The molecule has 84 valence electrons. The first-order chi connectivity index (χ1) is 7.24. The molecule has 0 aromatic carbocycles. The Morgan fingerprint density at radius 2 is 2.20 bits per heavy atom. The number of aromatic nitrogens is 2. The molecule has 1 aromatic rings. The van der Waals surface area contributed by atoms with Crippen molar-refractivity contribution < 1.29 is 0 Å². The number of rotatable bonds is 4. The predicted octanol–water partition coefficient (Wildman–Crippen LogP) is 1.74. The number of nitrogens with two attached hydrogens (primary N) is 1. The van der Waals surface area contributed by atoms with Crippen LogP contribution in [-0.4, -0.2) is 16.3 Å². The average molecular weight is 207 g/mol. The SMILES string of the molecule is CCn1nc(C)cc1CC1CCC1CN. The van der Waals surface area contributed by atoms with Crippen LogP contribution < -0.4 is 5.73 Å². The van der Waals surface area contributed by atoms with E-state index in [2.05, 4.69) is 29.7 Å².